The van der Waals surface area contributed by atoms with Crippen LogP contribution in [0.5, 0.6) is 5.75 Å². The molecule has 0 aliphatic heterocycles. The van der Waals surface area contributed by atoms with Gasteiger partial charge in [0.2, 0.25) is 5.95 Å². The Morgan fingerprint density at radius 1 is 0.929 bits per heavy atom. The highest BCUT2D eigenvalue weighted by atomic mass is 16.5. The Bertz CT molecular complexity index is 907. The monoisotopic (exact) mass is 377 g/mol. The molecular weight excluding hydrogens is 350 g/mol. The molecule has 0 aliphatic rings. The summed E-state index contributed by atoms with van der Waals surface area (Å²) in [4.78, 5) is 11.4. The van der Waals surface area contributed by atoms with Gasteiger partial charge in [-0.05, 0) is 57.2 Å². The van der Waals surface area contributed by atoms with Crippen LogP contribution in [0.25, 0.3) is 0 Å². The Morgan fingerprint density at radius 3 is 2.32 bits per heavy atom. The van der Waals surface area contributed by atoms with Gasteiger partial charge in [0.1, 0.15) is 11.6 Å². The average molecular weight is 377 g/mol. The van der Waals surface area contributed by atoms with Crippen molar-refractivity contribution < 1.29 is 4.74 Å². The second-order valence-corrected chi connectivity index (χ2v) is 6.39. The molecule has 0 spiro atoms. The molecule has 2 N–H and O–H groups in total. The summed E-state index contributed by atoms with van der Waals surface area (Å²) in [7, 11) is 1.65. The molecule has 0 amide bonds. The number of nitrogens with zero attached hydrogens (tertiary/aromatic N) is 3. The van der Waals surface area contributed by atoms with Crippen LogP contribution in [-0.4, -0.2) is 30.2 Å². The van der Waals surface area contributed by atoms with Crippen LogP contribution in [-0.2, 0) is 0 Å². The average Bonchev–Trinajstić information content (AvgIpc) is 2.70. The topological polar surface area (TPSA) is 62.3 Å². The van der Waals surface area contributed by atoms with E-state index in [0.29, 0.717) is 11.8 Å². The molecule has 0 aliphatic carbocycles. The highest BCUT2D eigenvalue weighted by molar-refractivity contribution is 5.66. The fourth-order valence-electron chi connectivity index (χ4n) is 3.05. The Balaban J connectivity index is 1.78. The summed E-state index contributed by atoms with van der Waals surface area (Å²) < 4.78 is 5.40. The second-order valence-electron chi connectivity index (χ2n) is 6.39. The lowest BCUT2D eigenvalue weighted by atomic mass is 10.2. The first-order valence-electron chi connectivity index (χ1n) is 9.50. The van der Waals surface area contributed by atoms with Crippen LogP contribution >= 0.6 is 0 Å². The van der Waals surface area contributed by atoms with E-state index >= 15 is 0 Å². The summed E-state index contributed by atoms with van der Waals surface area (Å²) in [6.45, 7) is 8.24. The van der Waals surface area contributed by atoms with Crippen molar-refractivity contribution in [3.8, 4) is 5.75 Å². The van der Waals surface area contributed by atoms with Gasteiger partial charge in [0, 0.05) is 36.2 Å². The second kappa shape index (κ2) is 9.08. The minimum atomic E-state index is 0.549. The number of aryl methyl sites for hydroxylation is 1. The zero-order valence-electron chi connectivity index (χ0n) is 16.9. The number of methoxy groups -OCH3 is 1. The number of nitrogens with one attached hydrogen (secondary N) is 2. The molecule has 146 valence electrons. The van der Waals surface area contributed by atoms with E-state index in [2.05, 4.69) is 51.5 Å². The van der Waals surface area contributed by atoms with Gasteiger partial charge in [0.05, 0.1) is 12.8 Å². The summed E-state index contributed by atoms with van der Waals surface area (Å²) in [6.07, 6.45) is 0. The van der Waals surface area contributed by atoms with E-state index < -0.39 is 0 Å². The molecule has 6 nitrogen and oxygen atoms in total. The van der Waals surface area contributed by atoms with Crippen molar-refractivity contribution in [1.82, 2.24) is 9.97 Å². The van der Waals surface area contributed by atoms with Gasteiger partial charge in [-0.25, -0.2) is 4.98 Å². The van der Waals surface area contributed by atoms with Gasteiger partial charge < -0.3 is 20.3 Å². The highest BCUT2D eigenvalue weighted by Gasteiger charge is 2.07. The van der Waals surface area contributed by atoms with Gasteiger partial charge in [-0.2, -0.15) is 4.98 Å². The fourth-order valence-corrected chi connectivity index (χ4v) is 3.05. The van der Waals surface area contributed by atoms with Crippen LogP contribution in [0.3, 0.4) is 0 Å². The third kappa shape index (κ3) is 4.71. The fraction of sp³-hybridized carbons (Fsp3) is 0.273. The van der Waals surface area contributed by atoms with Gasteiger partial charge in [0.25, 0.3) is 0 Å². The lowest BCUT2D eigenvalue weighted by Crippen LogP contribution is -2.21. The predicted octanol–water partition coefficient (Wildman–Crippen LogP) is 5.13. The normalized spacial score (nSPS) is 10.4. The molecule has 6 heteroatoms. The quantitative estimate of drug-likeness (QED) is 0.568. The number of rotatable bonds is 8. The summed E-state index contributed by atoms with van der Waals surface area (Å²) in [5.74, 6) is 2.02. The van der Waals surface area contributed by atoms with E-state index in [9.17, 15) is 0 Å². The maximum absolute atomic E-state index is 5.40. The van der Waals surface area contributed by atoms with Crippen LogP contribution in [0.1, 0.15) is 19.5 Å². The molecule has 0 bridgehead atoms. The standard InChI is InChI=1S/C22H27N5O/c1-5-27(6-2)18-13-11-17(12-14-18)24-22-23-16(3)15-21(26-22)25-19-9-7-8-10-20(19)28-4/h7-15H,5-6H2,1-4H3,(H2,23,24,25,26). The molecule has 28 heavy (non-hydrogen) atoms. The number of aromatic nitrogens is 2. The third-order valence-corrected chi connectivity index (χ3v) is 4.48. The number of benzene rings is 2. The van der Waals surface area contributed by atoms with Gasteiger partial charge in [-0.15, -0.1) is 0 Å². The first-order chi connectivity index (χ1) is 13.6. The van der Waals surface area contributed by atoms with Crippen LogP contribution < -0.4 is 20.3 Å². The van der Waals surface area contributed by atoms with Crippen molar-refractivity contribution in [1.29, 1.82) is 0 Å². The molecule has 0 saturated carbocycles. The number of para-hydroxylation sites is 2. The van der Waals surface area contributed by atoms with Crippen molar-refractivity contribution in [3.05, 3.63) is 60.3 Å². The Labute approximate surface area is 166 Å². The van der Waals surface area contributed by atoms with E-state index in [1.165, 1.54) is 5.69 Å². The maximum atomic E-state index is 5.40. The van der Waals surface area contributed by atoms with Crippen molar-refractivity contribution in [2.75, 3.05) is 35.7 Å². The summed E-state index contributed by atoms with van der Waals surface area (Å²) >= 11 is 0. The summed E-state index contributed by atoms with van der Waals surface area (Å²) in [6, 6.07) is 18.0. The van der Waals surface area contributed by atoms with Crippen LogP contribution in [0.2, 0.25) is 0 Å². The Hall–Kier alpha value is -3.28. The first-order valence-corrected chi connectivity index (χ1v) is 9.50. The van der Waals surface area contributed by atoms with E-state index in [1.54, 1.807) is 7.11 Å². The Kier molecular flexibility index (Phi) is 6.32. The minimum Gasteiger partial charge on any atom is -0.495 e. The minimum absolute atomic E-state index is 0.549. The molecule has 3 aromatic rings. The van der Waals surface area contributed by atoms with E-state index in [0.717, 1.165) is 35.9 Å². The molecule has 0 atom stereocenters. The molecule has 2 aromatic carbocycles. The van der Waals surface area contributed by atoms with Crippen LogP contribution in [0.15, 0.2) is 54.6 Å². The van der Waals surface area contributed by atoms with Gasteiger partial charge in [-0.3, -0.25) is 0 Å². The lowest BCUT2D eigenvalue weighted by molar-refractivity contribution is 0.417. The predicted molar refractivity (Wildman–Crippen MR) is 116 cm³/mol. The molecule has 0 fully saturated rings. The molecule has 1 heterocycles. The molecule has 0 radical (unpaired) electrons. The van der Waals surface area contributed by atoms with Gasteiger partial charge in [0.15, 0.2) is 0 Å². The molecular formula is C22H27N5O. The van der Waals surface area contributed by atoms with Crippen molar-refractivity contribution >= 4 is 28.8 Å². The first kappa shape index (κ1) is 19.5. The zero-order chi connectivity index (χ0) is 19.9. The summed E-state index contributed by atoms with van der Waals surface area (Å²) in [5, 5.41) is 6.60. The van der Waals surface area contributed by atoms with E-state index in [4.69, 9.17) is 4.74 Å². The number of ether oxygens (including phenoxy) is 1. The van der Waals surface area contributed by atoms with Crippen molar-refractivity contribution in [2.45, 2.75) is 20.8 Å². The van der Waals surface area contributed by atoms with Crippen LogP contribution in [0.4, 0.5) is 28.8 Å². The Morgan fingerprint density at radius 2 is 1.64 bits per heavy atom. The molecule has 1 aromatic heterocycles. The number of anilines is 5. The van der Waals surface area contributed by atoms with E-state index in [1.807, 2.05) is 49.4 Å². The third-order valence-electron chi connectivity index (χ3n) is 4.48. The SMILES string of the molecule is CCN(CC)c1ccc(Nc2nc(C)cc(Nc3ccccc3OC)n2)cc1. The number of hydrogen-bond acceptors (Lipinski definition) is 6. The maximum Gasteiger partial charge on any atom is 0.229 e. The molecule has 0 saturated heterocycles. The van der Waals surface area contributed by atoms with Crippen LogP contribution in [0, 0.1) is 6.92 Å². The summed E-state index contributed by atoms with van der Waals surface area (Å²) in [5.41, 5.74) is 3.89. The lowest BCUT2D eigenvalue weighted by Gasteiger charge is -2.21. The largest absolute Gasteiger partial charge is 0.495 e. The van der Waals surface area contributed by atoms with E-state index in [-0.39, 0.29) is 0 Å². The van der Waals surface area contributed by atoms with Gasteiger partial charge in [-0.1, -0.05) is 12.1 Å². The van der Waals surface area contributed by atoms with Crippen molar-refractivity contribution in [3.63, 3.8) is 0 Å². The molecule has 0 unspecified atom stereocenters. The number of hydrogen-bond donors (Lipinski definition) is 2. The smallest absolute Gasteiger partial charge is 0.229 e. The molecule has 3 rings (SSSR count). The zero-order valence-corrected chi connectivity index (χ0v) is 16.9. The van der Waals surface area contributed by atoms with Gasteiger partial charge >= 0.3 is 0 Å². The highest BCUT2D eigenvalue weighted by Crippen LogP contribution is 2.27. The van der Waals surface area contributed by atoms with Crippen molar-refractivity contribution in [2.24, 2.45) is 0 Å².